The lowest BCUT2D eigenvalue weighted by Crippen LogP contribution is -2.21. The van der Waals surface area contributed by atoms with Crippen LogP contribution in [0.4, 0.5) is 5.13 Å². The third kappa shape index (κ3) is 3.22. The second-order valence-corrected chi connectivity index (χ2v) is 5.63. The number of aryl methyl sites for hydroxylation is 1. The van der Waals surface area contributed by atoms with Crippen LogP contribution in [0.25, 0.3) is 0 Å². The van der Waals surface area contributed by atoms with Gasteiger partial charge in [-0.3, -0.25) is 0 Å². The molecular formula is C13H20N2O2S. The van der Waals surface area contributed by atoms with Crippen molar-refractivity contribution in [1.82, 2.24) is 4.98 Å². The van der Waals surface area contributed by atoms with Crippen molar-refractivity contribution in [2.45, 2.75) is 52.0 Å². The summed E-state index contributed by atoms with van der Waals surface area (Å²) >= 11 is 1.40. The van der Waals surface area contributed by atoms with E-state index >= 15 is 0 Å². The first-order valence-corrected chi connectivity index (χ1v) is 7.43. The number of anilines is 1. The molecule has 0 saturated heterocycles. The van der Waals surface area contributed by atoms with Crippen molar-refractivity contribution >= 4 is 22.4 Å². The highest BCUT2D eigenvalue weighted by Crippen LogP contribution is 2.27. The Morgan fingerprint density at radius 1 is 1.44 bits per heavy atom. The van der Waals surface area contributed by atoms with Crippen LogP contribution in [0.1, 0.15) is 54.4 Å². The summed E-state index contributed by atoms with van der Waals surface area (Å²) in [5.41, 5.74) is 0.761. The molecule has 5 heteroatoms. The average Bonchev–Trinajstić information content (AvgIpc) is 2.72. The topological polar surface area (TPSA) is 51.2 Å². The highest BCUT2D eigenvalue weighted by molar-refractivity contribution is 7.17. The smallest absolute Gasteiger partial charge is 0.350 e. The number of aromatic nitrogens is 1. The van der Waals surface area contributed by atoms with Gasteiger partial charge < -0.3 is 10.1 Å². The summed E-state index contributed by atoms with van der Waals surface area (Å²) in [6.07, 6.45) is 6.31. The minimum atomic E-state index is -0.260. The monoisotopic (exact) mass is 268 g/mol. The number of carbonyl (C=O) groups excluding carboxylic acids is 1. The van der Waals surface area contributed by atoms with Crippen LogP contribution in [0.5, 0.6) is 0 Å². The minimum Gasteiger partial charge on any atom is -0.462 e. The molecule has 0 bridgehead atoms. The van der Waals surface area contributed by atoms with Gasteiger partial charge in [0.15, 0.2) is 5.13 Å². The van der Waals surface area contributed by atoms with Gasteiger partial charge in [-0.1, -0.05) is 30.6 Å². The first kappa shape index (κ1) is 13.3. The summed E-state index contributed by atoms with van der Waals surface area (Å²) in [6.45, 7) is 4.08. The van der Waals surface area contributed by atoms with Gasteiger partial charge in [-0.2, -0.15) is 0 Å². The highest BCUT2D eigenvalue weighted by Gasteiger charge is 2.19. The van der Waals surface area contributed by atoms with Crippen LogP contribution in [0.15, 0.2) is 0 Å². The standard InChI is InChI=1S/C13H20N2O2S/c1-3-17-12(16)11-9(2)14-13(18-11)15-10-7-5-4-6-8-10/h10H,3-8H2,1-2H3,(H,14,15). The van der Waals surface area contributed by atoms with Crippen LogP contribution in [-0.4, -0.2) is 23.6 Å². The number of hydrogen-bond donors (Lipinski definition) is 1. The van der Waals surface area contributed by atoms with E-state index in [-0.39, 0.29) is 5.97 Å². The van der Waals surface area contributed by atoms with E-state index in [1.807, 2.05) is 13.8 Å². The number of hydrogen-bond acceptors (Lipinski definition) is 5. The molecule has 1 aliphatic carbocycles. The summed E-state index contributed by atoms with van der Waals surface area (Å²) in [6, 6.07) is 0.513. The molecule has 0 atom stereocenters. The van der Waals surface area contributed by atoms with Crippen LogP contribution in [-0.2, 0) is 4.74 Å². The molecule has 1 N–H and O–H groups in total. The fourth-order valence-electron chi connectivity index (χ4n) is 2.27. The first-order valence-electron chi connectivity index (χ1n) is 6.61. The number of rotatable bonds is 4. The molecule has 100 valence electrons. The van der Waals surface area contributed by atoms with Crippen molar-refractivity contribution in [3.63, 3.8) is 0 Å². The largest absolute Gasteiger partial charge is 0.462 e. The van der Waals surface area contributed by atoms with Gasteiger partial charge in [-0.25, -0.2) is 9.78 Å². The molecule has 0 unspecified atom stereocenters. The molecule has 0 aliphatic heterocycles. The van der Waals surface area contributed by atoms with Crippen molar-refractivity contribution in [2.75, 3.05) is 11.9 Å². The van der Waals surface area contributed by atoms with Gasteiger partial charge in [0.1, 0.15) is 4.88 Å². The maximum atomic E-state index is 11.7. The Balaban J connectivity index is 2.01. The summed E-state index contributed by atoms with van der Waals surface area (Å²) in [7, 11) is 0. The lowest BCUT2D eigenvalue weighted by molar-refractivity contribution is 0.0531. The second-order valence-electron chi connectivity index (χ2n) is 4.63. The molecule has 4 nitrogen and oxygen atoms in total. The van der Waals surface area contributed by atoms with E-state index in [1.54, 1.807) is 0 Å². The lowest BCUT2D eigenvalue weighted by Gasteiger charge is -2.22. The number of nitrogens with one attached hydrogen (secondary N) is 1. The maximum Gasteiger partial charge on any atom is 0.350 e. The van der Waals surface area contributed by atoms with Gasteiger partial charge in [-0.15, -0.1) is 0 Å². The van der Waals surface area contributed by atoms with E-state index in [1.165, 1.54) is 43.4 Å². The molecule has 1 aromatic heterocycles. The minimum absolute atomic E-state index is 0.260. The third-order valence-corrected chi connectivity index (χ3v) is 4.26. The van der Waals surface area contributed by atoms with Crippen molar-refractivity contribution < 1.29 is 9.53 Å². The quantitative estimate of drug-likeness (QED) is 0.851. The molecule has 0 aromatic carbocycles. The molecule has 2 rings (SSSR count). The van der Waals surface area contributed by atoms with E-state index in [9.17, 15) is 4.79 Å². The summed E-state index contributed by atoms with van der Waals surface area (Å²) in [4.78, 5) is 16.7. The van der Waals surface area contributed by atoms with Gasteiger partial charge in [-0.05, 0) is 26.7 Å². The Labute approximate surface area is 112 Å². The molecule has 0 amide bonds. The van der Waals surface area contributed by atoms with Crippen molar-refractivity contribution in [3.05, 3.63) is 10.6 Å². The van der Waals surface area contributed by atoms with Gasteiger partial charge in [0.2, 0.25) is 0 Å². The Hall–Kier alpha value is -1.10. The van der Waals surface area contributed by atoms with Crippen molar-refractivity contribution in [2.24, 2.45) is 0 Å². The van der Waals surface area contributed by atoms with Gasteiger partial charge in [0.05, 0.1) is 12.3 Å². The van der Waals surface area contributed by atoms with Crippen molar-refractivity contribution in [3.8, 4) is 0 Å². The second kappa shape index (κ2) is 6.18. The zero-order chi connectivity index (χ0) is 13.0. The molecule has 1 saturated carbocycles. The number of thiazole rings is 1. The van der Waals surface area contributed by atoms with E-state index in [4.69, 9.17) is 4.74 Å². The number of carbonyl (C=O) groups is 1. The van der Waals surface area contributed by atoms with E-state index in [0.29, 0.717) is 17.5 Å². The Morgan fingerprint density at radius 3 is 2.83 bits per heavy atom. The molecule has 0 radical (unpaired) electrons. The first-order chi connectivity index (χ1) is 8.70. The van der Waals surface area contributed by atoms with Gasteiger partial charge >= 0.3 is 5.97 Å². The van der Waals surface area contributed by atoms with E-state index in [2.05, 4.69) is 10.3 Å². The molecular weight excluding hydrogens is 248 g/mol. The molecule has 1 heterocycles. The zero-order valence-corrected chi connectivity index (χ0v) is 11.8. The van der Waals surface area contributed by atoms with E-state index < -0.39 is 0 Å². The predicted molar refractivity (Wildman–Crippen MR) is 73.3 cm³/mol. The van der Waals surface area contributed by atoms with E-state index in [0.717, 1.165) is 10.8 Å². The Morgan fingerprint density at radius 2 is 2.17 bits per heavy atom. The zero-order valence-electron chi connectivity index (χ0n) is 11.0. The van der Waals surface area contributed by atoms with Crippen LogP contribution < -0.4 is 5.32 Å². The highest BCUT2D eigenvalue weighted by atomic mass is 32.1. The fourth-order valence-corrected chi connectivity index (χ4v) is 3.20. The summed E-state index contributed by atoms with van der Waals surface area (Å²) in [5.74, 6) is -0.260. The van der Waals surface area contributed by atoms with Gasteiger partial charge in [0.25, 0.3) is 0 Å². The Bertz CT molecular complexity index is 411. The maximum absolute atomic E-state index is 11.7. The van der Waals surface area contributed by atoms with Crippen LogP contribution >= 0.6 is 11.3 Å². The summed E-state index contributed by atoms with van der Waals surface area (Å²) < 4.78 is 5.02. The molecule has 18 heavy (non-hydrogen) atoms. The molecule has 1 aromatic rings. The fraction of sp³-hybridized carbons (Fsp3) is 0.692. The molecule has 1 fully saturated rings. The van der Waals surface area contributed by atoms with Crippen LogP contribution in [0.2, 0.25) is 0 Å². The van der Waals surface area contributed by atoms with Crippen LogP contribution in [0, 0.1) is 6.92 Å². The predicted octanol–water partition coefficient (Wildman–Crippen LogP) is 3.37. The normalized spacial score (nSPS) is 16.6. The average molecular weight is 268 g/mol. The van der Waals surface area contributed by atoms with Crippen LogP contribution in [0.3, 0.4) is 0 Å². The molecule has 1 aliphatic rings. The number of ether oxygens (including phenoxy) is 1. The molecule has 0 spiro atoms. The lowest BCUT2D eigenvalue weighted by atomic mass is 9.96. The summed E-state index contributed by atoms with van der Waals surface area (Å²) in [5, 5.41) is 4.29. The SMILES string of the molecule is CCOC(=O)c1sc(NC2CCCCC2)nc1C. The number of esters is 1. The third-order valence-electron chi connectivity index (χ3n) is 3.19. The van der Waals surface area contributed by atoms with Crippen molar-refractivity contribution in [1.29, 1.82) is 0 Å². The Kier molecular flexibility index (Phi) is 4.58. The number of nitrogens with zero attached hydrogens (tertiary/aromatic N) is 1. The van der Waals surface area contributed by atoms with Gasteiger partial charge in [0, 0.05) is 6.04 Å².